The Morgan fingerprint density at radius 3 is 2.19 bits per heavy atom. The Labute approximate surface area is 126 Å². The zero-order chi connectivity index (χ0) is 15.7. The summed E-state index contributed by atoms with van der Waals surface area (Å²) in [4.78, 5) is 0.296. The SMILES string of the molecule is CN(Cc1ccco1)S(=O)(=O)c1ccc(C(C)(C)C)cc1. The molecular formula is C16H21NO3S. The van der Waals surface area contributed by atoms with E-state index in [2.05, 4.69) is 20.8 Å². The van der Waals surface area contributed by atoms with E-state index < -0.39 is 10.0 Å². The molecule has 0 amide bonds. The van der Waals surface area contributed by atoms with E-state index in [1.54, 1.807) is 31.3 Å². The van der Waals surface area contributed by atoms with Crippen molar-refractivity contribution >= 4 is 10.0 Å². The Balaban J connectivity index is 2.23. The lowest BCUT2D eigenvalue weighted by atomic mass is 9.87. The molecule has 1 heterocycles. The predicted octanol–water partition coefficient (Wildman–Crippen LogP) is 3.40. The number of rotatable bonds is 4. The van der Waals surface area contributed by atoms with Gasteiger partial charge in [-0.15, -0.1) is 0 Å². The number of nitrogens with zero attached hydrogens (tertiary/aromatic N) is 1. The van der Waals surface area contributed by atoms with Crippen LogP contribution in [0.15, 0.2) is 52.0 Å². The van der Waals surface area contributed by atoms with Crippen molar-refractivity contribution in [3.05, 3.63) is 54.0 Å². The van der Waals surface area contributed by atoms with Crippen molar-refractivity contribution < 1.29 is 12.8 Å². The van der Waals surface area contributed by atoms with Gasteiger partial charge < -0.3 is 4.42 Å². The summed E-state index contributed by atoms with van der Waals surface area (Å²) in [5.41, 5.74) is 1.11. The monoisotopic (exact) mass is 307 g/mol. The maximum Gasteiger partial charge on any atom is 0.243 e. The van der Waals surface area contributed by atoms with Crippen LogP contribution < -0.4 is 0 Å². The molecule has 1 aromatic heterocycles. The first-order valence-corrected chi connectivity index (χ1v) is 8.24. The van der Waals surface area contributed by atoms with Crippen molar-refractivity contribution in [2.24, 2.45) is 0 Å². The second kappa shape index (κ2) is 5.66. The van der Waals surface area contributed by atoms with Crippen molar-refractivity contribution in [1.29, 1.82) is 0 Å². The zero-order valence-electron chi connectivity index (χ0n) is 12.8. The van der Waals surface area contributed by atoms with Crippen LogP contribution in [0.25, 0.3) is 0 Å². The topological polar surface area (TPSA) is 50.5 Å². The molecule has 0 saturated heterocycles. The average Bonchev–Trinajstić information content (AvgIpc) is 2.90. The summed E-state index contributed by atoms with van der Waals surface area (Å²) in [5, 5.41) is 0. The second-order valence-electron chi connectivity index (χ2n) is 6.11. The highest BCUT2D eigenvalue weighted by molar-refractivity contribution is 7.89. The predicted molar refractivity (Wildman–Crippen MR) is 82.5 cm³/mol. The molecule has 0 unspecified atom stereocenters. The number of hydrogen-bond acceptors (Lipinski definition) is 3. The Bertz CT molecular complexity index is 680. The molecule has 0 aliphatic rings. The van der Waals surface area contributed by atoms with Gasteiger partial charge in [0.1, 0.15) is 5.76 Å². The number of benzene rings is 1. The summed E-state index contributed by atoms with van der Waals surface area (Å²) in [6, 6.07) is 10.6. The molecule has 1 aromatic carbocycles. The van der Waals surface area contributed by atoms with E-state index in [0.29, 0.717) is 10.7 Å². The fraction of sp³-hybridized carbons (Fsp3) is 0.375. The second-order valence-corrected chi connectivity index (χ2v) is 8.16. The molecule has 0 atom stereocenters. The molecule has 5 heteroatoms. The maximum absolute atomic E-state index is 12.5. The standard InChI is InChI=1S/C16H21NO3S/c1-16(2,3)13-7-9-15(10-8-13)21(18,19)17(4)12-14-6-5-11-20-14/h5-11H,12H2,1-4H3. The third kappa shape index (κ3) is 3.54. The van der Waals surface area contributed by atoms with Gasteiger partial charge in [0.2, 0.25) is 10.0 Å². The minimum atomic E-state index is -3.50. The number of furan rings is 1. The third-order valence-corrected chi connectivity index (χ3v) is 5.20. The highest BCUT2D eigenvalue weighted by Gasteiger charge is 2.22. The highest BCUT2D eigenvalue weighted by atomic mass is 32.2. The molecule has 4 nitrogen and oxygen atoms in total. The summed E-state index contributed by atoms with van der Waals surface area (Å²) in [7, 11) is -1.95. The van der Waals surface area contributed by atoms with Gasteiger partial charge in [-0.1, -0.05) is 32.9 Å². The Kier molecular flexibility index (Phi) is 4.25. The summed E-state index contributed by atoms with van der Waals surface area (Å²) in [6.45, 7) is 6.51. The quantitative estimate of drug-likeness (QED) is 0.870. The molecule has 21 heavy (non-hydrogen) atoms. The van der Waals surface area contributed by atoms with Crippen molar-refractivity contribution in [3.8, 4) is 0 Å². The lowest BCUT2D eigenvalue weighted by molar-refractivity contribution is 0.406. The lowest BCUT2D eigenvalue weighted by Gasteiger charge is -2.20. The van der Waals surface area contributed by atoms with Crippen molar-refractivity contribution in [1.82, 2.24) is 4.31 Å². The summed E-state index contributed by atoms with van der Waals surface area (Å²) in [5.74, 6) is 0.618. The van der Waals surface area contributed by atoms with Crippen LogP contribution in [0.3, 0.4) is 0 Å². The van der Waals surface area contributed by atoms with Crippen LogP contribution in [0.2, 0.25) is 0 Å². The van der Waals surface area contributed by atoms with Gasteiger partial charge in [0.05, 0.1) is 17.7 Å². The first-order valence-electron chi connectivity index (χ1n) is 6.80. The van der Waals surface area contributed by atoms with E-state index in [4.69, 9.17) is 4.42 Å². The van der Waals surface area contributed by atoms with Crippen LogP contribution in [0.4, 0.5) is 0 Å². The molecular weight excluding hydrogens is 286 g/mol. The number of sulfonamides is 1. The summed E-state index contributed by atoms with van der Waals surface area (Å²) in [6.07, 6.45) is 1.54. The van der Waals surface area contributed by atoms with Crippen LogP contribution in [0, 0.1) is 0 Å². The van der Waals surface area contributed by atoms with E-state index in [9.17, 15) is 8.42 Å². The van der Waals surface area contributed by atoms with Gasteiger partial charge >= 0.3 is 0 Å². The summed E-state index contributed by atoms with van der Waals surface area (Å²) < 4.78 is 31.5. The highest BCUT2D eigenvalue weighted by Crippen LogP contribution is 2.24. The number of hydrogen-bond donors (Lipinski definition) is 0. The van der Waals surface area contributed by atoms with Gasteiger partial charge in [0.25, 0.3) is 0 Å². The Morgan fingerprint density at radius 2 is 1.71 bits per heavy atom. The molecule has 0 aliphatic heterocycles. The fourth-order valence-corrected chi connectivity index (χ4v) is 3.15. The van der Waals surface area contributed by atoms with Crippen LogP contribution in [0.1, 0.15) is 32.1 Å². The van der Waals surface area contributed by atoms with E-state index in [1.165, 1.54) is 10.6 Å². The van der Waals surface area contributed by atoms with Gasteiger partial charge in [0.15, 0.2) is 0 Å². The van der Waals surface area contributed by atoms with Crippen LogP contribution in [-0.4, -0.2) is 19.8 Å². The largest absolute Gasteiger partial charge is 0.468 e. The molecule has 2 aromatic rings. The van der Waals surface area contributed by atoms with Gasteiger partial charge in [-0.25, -0.2) is 8.42 Å². The smallest absolute Gasteiger partial charge is 0.243 e. The Morgan fingerprint density at radius 1 is 1.10 bits per heavy atom. The molecule has 0 bridgehead atoms. The lowest BCUT2D eigenvalue weighted by Crippen LogP contribution is -2.26. The summed E-state index contributed by atoms with van der Waals surface area (Å²) >= 11 is 0. The van der Waals surface area contributed by atoms with E-state index >= 15 is 0 Å². The average molecular weight is 307 g/mol. The molecule has 0 radical (unpaired) electrons. The minimum Gasteiger partial charge on any atom is -0.468 e. The first kappa shape index (κ1) is 15.8. The van der Waals surface area contributed by atoms with Crippen molar-refractivity contribution in [3.63, 3.8) is 0 Å². The van der Waals surface area contributed by atoms with E-state index in [-0.39, 0.29) is 12.0 Å². The molecule has 0 N–H and O–H groups in total. The van der Waals surface area contributed by atoms with Crippen LogP contribution in [-0.2, 0) is 22.0 Å². The zero-order valence-corrected chi connectivity index (χ0v) is 13.6. The molecule has 0 saturated carbocycles. The fourth-order valence-electron chi connectivity index (χ4n) is 2.01. The van der Waals surface area contributed by atoms with E-state index in [0.717, 1.165) is 5.56 Å². The van der Waals surface area contributed by atoms with Crippen LogP contribution in [0.5, 0.6) is 0 Å². The minimum absolute atomic E-state index is 0.00234. The molecule has 0 aliphatic carbocycles. The molecule has 2 rings (SSSR count). The van der Waals surface area contributed by atoms with Crippen molar-refractivity contribution in [2.45, 2.75) is 37.6 Å². The van der Waals surface area contributed by atoms with Crippen LogP contribution >= 0.6 is 0 Å². The van der Waals surface area contributed by atoms with Gasteiger partial charge in [-0.3, -0.25) is 0 Å². The molecule has 0 fully saturated rings. The van der Waals surface area contributed by atoms with Gasteiger partial charge in [-0.05, 0) is 35.2 Å². The van der Waals surface area contributed by atoms with Gasteiger partial charge in [0, 0.05) is 7.05 Å². The maximum atomic E-state index is 12.5. The van der Waals surface area contributed by atoms with E-state index in [1.807, 2.05) is 12.1 Å². The Hall–Kier alpha value is -1.59. The van der Waals surface area contributed by atoms with Gasteiger partial charge in [-0.2, -0.15) is 4.31 Å². The molecule has 0 spiro atoms. The third-order valence-electron chi connectivity index (χ3n) is 3.39. The first-order chi connectivity index (χ1) is 9.71. The van der Waals surface area contributed by atoms with Crippen molar-refractivity contribution in [2.75, 3.05) is 7.05 Å². The molecule has 114 valence electrons. The normalized spacial score (nSPS) is 12.8.